The highest BCUT2D eigenvalue weighted by Gasteiger charge is 2.12. The lowest BCUT2D eigenvalue weighted by Gasteiger charge is -2.11. The van der Waals surface area contributed by atoms with E-state index in [1.807, 2.05) is 26.0 Å². The molecule has 1 aromatic heterocycles. The van der Waals surface area contributed by atoms with Crippen molar-refractivity contribution in [2.75, 3.05) is 5.32 Å². The van der Waals surface area contributed by atoms with Gasteiger partial charge < -0.3 is 19.9 Å². The molecular weight excluding hydrogens is 422 g/mol. The Bertz CT molecular complexity index is 1230. The van der Waals surface area contributed by atoms with E-state index in [4.69, 9.17) is 14.7 Å². The van der Waals surface area contributed by atoms with Gasteiger partial charge in [0, 0.05) is 5.69 Å². The molecule has 2 N–H and O–H groups in total. The highest BCUT2D eigenvalue weighted by atomic mass is 16.5. The molecule has 1 heterocycles. The van der Waals surface area contributed by atoms with Gasteiger partial charge in [-0.05, 0) is 68.0 Å². The topological polar surface area (TPSA) is 130 Å². The Morgan fingerprint density at radius 3 is 2.58 bits per heavy atom. The van der Waals surface area contributed by atoms with Gasteiger partial charge in [-0.3, -0.25) is 0 Å². The molecule has 3 aromatic rings. The molecule has 0 amide bonds. The Labute approximate surface area is 190 Å². The number of aromatic nitrogens is 3. The van der Waals surface area contributed by atoms with Crippen LogP contribution in [0.5, 0.6) is 17.8 Å². The lowest BCUT2D eigenvalue weighted by atomic mass is 10.2. The molecule has 33 heavy (non-hydrogen) atoms. The van der Waals surface area contributed by atoms with Crippen LogP contribution in [0.2, 0.25) is 0 Å². The van der Waals surface area contributed by atoms with E-state index in [0.717, 1.165) is 6.42 Å². The molecule has 0 aliphatic carbocycles. The number of aromatic carboxylic acids is 1. The second kappa shape index (κ2) is 11.1. The quantitative estimate of drug-likeness (QED) is 0.337. The van der Waals surface area contributed by atoms with E-state index in [1.165, 1.54) is 12.1 Å². The maximum Gasteiger partial charge on any atom is 0.335 e. The van der Waals surface area contributed by atoms with Crippen LogP contribution >= 0.6 is 0 Å². The van der Waals surface area contributed by atoms with Gasteiger partial charge in [-0.25, -0.2) is 4.79 Å². The molecule has 3 rings (SSSR count). The third-order valence-electron chi connectivity index (χ3n) is 4.16. The Morgan fingerprint density at radius 2 is 1.91 bits per heavy atom. The van der Waals surface area contributed by atoms with E-state index in [-0.39, 0.29) is 23.5 Å². The molecule has 9 heteroatoms. The molecule has 0 atom stereocenters. The molecule has 0 bridgehead atoms. The van der Waals surface area contributed by atoms with Crippen molar-refractivity contribution in [1.82, 2.24) is 15.0 Å². The van der Waals surface area contributed by atoms with Gasteiger partial charge in [0.1, 0.15) is 11.5 Å². The summed E-state index contributed by atoms with van der Waals surface area (Å²) in [5.74, 6) is -0.00184. The van der Waals surface area contributed by atoms with Crippen LogP contribution in [0.25, 0.3) is 0 Å². The minimum absolute atomic E-state index is 0.0145. The van der Waals surface area contributed by atoms with Crippen LogP contribution in [0.15, 0.2) is 72.5 Å². The van der Waals surface area contributed by atoms with Gasteiger partial charge in [-0.1, -0.05) is 19.1 Å². The molecule has 0 aliphatic rings. The zero-order valence-electron chi connectivity index (χ0n) is 18.0. The van der Waals surface area contributed by atoms with Gasteiger partial charge >= 0.3 is 18.0 Å². The predicted molar refractivity (Wildman–Crippen MR) is 122 cm³/mol. The lowest BCUT2D eigenvalue weighted by Crippen LogP contribution is -2.06. The molecule has 166 valence electrons. The number of nitrogens with one attached hydrogen (secondary N) is 1. The highest BCUT2D eigenvalue weighted by Crippen LogP contribution is 2.24. The van der Waals surface area contributed by atoms with E-state index in [0.29, 0.717) is 22.8 Å². The Hall–Kier alpha value is -4.71. The monoisotopic (exact) mass is 443 g/mol. The fourth-order valence-electron chi connectivity index (χ4n) is 2.58. The molecule has 0 spiro atoms. The number of hydrogen-bond donors (Lipinski definition) is 2. The molecule has 0 saturated heterocycles. The van der Waals surface area contributed by atoms with Crippen molar-refractivity contribution in [2.24, 2.45) is 0 Å². The van der Waals surface area contributed by atoms with Crippen molar-refractivity contribution in [2.45, 2.75) is 20.3 Å². The molecule has 2 aromatic carbocycles. The van der Waals surface area contributed by atoms with Gasteiger partial charge in [-0.2, -0.15) is 15.2 Å². The fraction of sp³-hybridized carbons (Fsp3) is 0.125. The van der Waals surface area contributed by atoms with Crippen molar-refractivity contribution < 1.29 is 19.4 Å². The van der Waals surface area contributed by atoms with Gasteiger partial charge in [0.25, 0.3) is 0 Å². The van der Waals surface area contributed by atoms with Crippen LogP contribution < -0.4 is 14.8 Å². The number of ether oxygens (including phenoxy) is 2. The van der Waals surface area contributed by atoms with Gasteiger partial charge in [-0.15, -0.1) is 4.98 Å². The maximum absolute atomic E-state index is 11.3. The van der Waals surface area contributed by atoms with Crippen molar-refractivity contribution in [1.29, 1.82) is 5.26 Å². The van der Waals surface area contributed by atoms with E-state index in [1.54, 1.807) is 48.6 Å². The molecular formula is C24H21N5O4. The second-order valence-electron chi connectivity index (χ2n) is 6.58. The summed E-state index contributed by atoms with van der Waals surface area (Å²) in [6.45, 7) is 3.82. The van der Waals surface area contributed by atoms with E-state index in [9.17, 15) is 9.90 Å². The van der Waals surface area contributed by atoms with Gasteiger partial charge in [0.2, 0.25) is 5.95 Å². The maximum atomic E-state index is 11.3. The molecule has 0 fully saturated rings. The number of rotatable bonds is 9. The van der Waals surface area contributed by atoms with E-state index in [2.05, 4.69) is 20.3 Å². The number of allylic oxidation sites excluding steroid dienone is 3. The second-order valence-corrected chi connectivity index (χ2v) is 6.58. The largest absolute Gasteiger partial charge is 0.478 e. The summed E-state index contributed by atoms with van der Waals surface area (Å²) in [5, 5.41) is 21.1. The van der Waals surface area contributed by atoms with Crippen molar-refractivity contribution in [3.8, 4) is 23.8 Å². The first kappa shape index (κ1) is 23.0. The summed E-state index contributed by atoms with van der Waals surface area (Å²) in [5.41, 5.74) is 1.07. The molecule has 0 radical (unpaired) electrons. The van der Waals surface area contributed by atoms with E-state index >= 15 is 0 Å². The Morgan fingerprint density at radius 1 is 1.15 bits per heavy atom. The van der Waals surface area contributed by atoms with Crippen LogP contribution in [-0.2, 0) is 0 Å². The van der Waals surface area contributed by atoms with E-state index < -0.39 is 5.97 Å². The van der Waals surface area contributed by atoms with Crippen molar-refractivity contribution in [3.05, 3.63) is 83.6 Å². The van der Waals surface area contributed by atoms with Crippen LogP contribution in [0.3, 0.4) is 0 Å². The number of nitriles is 1. The lowest BCUT2D eigenvalue weighted by molar-refractivity contribution is 0.0697. The summed E-state index contributed by atoms with van der Waals surface area (Å²) in [6.07, 6.45) is 6.33. The van der Waals surface area contributed by atoms with Crippen molar-refractivity contribution in [3.63, 3.8) is 0 Å². The molecule has 9 nitrogen and oxygen atoms in total. The number of carboxylic acid groups (broad SMARTS) is 1. The zero-order valence-corrected chi connectivity index (χ0v) is 18.0. The number of benzene rings is 2. The number of hydrogen-bond acceptors (Lipinski definition) is 8. The standard InChI is InChI=1S/C24H21N5O4/c1-3-5-9-19(4-2)32-23-27-22(26-18-8-6-7-17(14-18)21(30)31)28-24(29-23)33-20-12-10-16(15-25)11-13-20/h4-14H,3H2,1-2H3,(H,30,31)(H,26,27,28,29)/b9-5-,19-4+. The fourth-order valence-corrected chi connectivity index (χ4v) is 2.58. The average Bonchev–Trinajstić information content (AvgIpc) is 2.82. The van der Waals surface area contributed by atoms with Crippen LogP contribution in [-0.4, -0.2) is 26.0 Å². The molecule has 0 aliphatic heterocycles. The van der Waals surface area contributed by atoms with Crippen LogP contribution in [0.1, 0.15) is 36.2 Å². The summed E-state index contributed by atoms with van der Waals surface area (Å²) >= 11 is 0. The Balaban J connectivity index is 1.93. The number of carboxylic acids is 1. The first-order chi connectivity index (χ1) is 16.0. The number of nitrogens with zero attached hydrogens (tertiary/aromatic N) is 4. The highest BCUT2D eigenvalue weighted by molar-refractivity contribution is 5.89. The first-order valence-electron chi connectivity index (χ1n) is 10.1. The smallest absolute Gasteiger partial charge is 0.335 e. The minimum atomic E-state index is -1.05. The van der Waals surface area contributed by atoms with Gasteiger partial charge in [0.15, 0.2) is 0 Å². The minimum Gasteiger partial charge on any atom is -0.478 e. The average molecular weight is 443 g/mol. The third-order valence-corrected chi connectivity index (χ3v) is 4.16. The third kappa shape index (κ3) is 6.63. The summed E-state index contributed by atoms with van der Waals surface area (Å²) < 4.78 is 11.5. The summed E-state index contributed by atoms with van der Waals surface area (Å²) in [6, 6.07) is 14.7. The van der Waals surface area contributed by atoms with Gasteiger partial charge in [0.05, 0.1) is 17.2 Å². The Kier molecular flexibility index (Phi) is 7.70. The number of anilines is 2. The van der Waals surface area contributed by atoms with Crippen LogP contribution in [0, 0.1) is 11.3 Å². The SMILES string of the molecule is C/C=C(\C=C/CC)Oc1nc(Nc2cccc(C(=O)O)c2)nc(Oc2ccc(C#N)cc2)n1. The predicted octanol–water partition coefficient (Wildman–Crippen LogP) is 5.23. The summed E-state index contributed by atoms with van der Waals surface area (Å²) in [4.78, 5) is 24.0. The summed E-state index contributed by atoms with van der Waals surface area (Å²) in [7, 11) is 0. The number of carbonyl (C=O) groups is 1. The molecule has 0 saturated carbocycles. The normalized spacial score (nSPS) is 11.1. The zero-order chi connectivity index (χ0) is 23.6. The molecule has 0 unspecified atom stereocenters. The van der Waals surface area contributed by atoms with Crippen LogP contribution in [0.4, 0.5) is 11.6 Å². The first-order valence-corrected chi connectivity index (χ1v) is 10.1. The van der Waals surface area contributed by atoms with Crippen molar-refractivity contribution >= 4 is 17.6 Å².